The largest absolute Gasteiger partial charge is 0.439 e. The van der Waals surface area contributed by atoms with Crippen LogP contribution in [-0.4, -0.2) is 18.7 Å². The minimum Gasteiger partial charge on any atom is -0.439 e. The zero-order chi connectivity index (χ0) is 14.4. The molecule has 1 aromatic heterocycles. The van der Waals surface area contributed by atoms with Crippen molar-refractivity contribution in [3.05, 3.63) is 53.7 Å². The van der Waals surface area contributed by atoms with E-state index in [1.807, 2.05) is 43.3 Å². The summed E-state index contributed by atoms with van der Waals surface area (Å²) in [5.74, 6) is 1.32. The van der Waals surface area contributed by atoms with Crippen LogP contribution < -0.4 is 10.5 Å². The van der Waals surface area contributed by atoms with E-state index in [-0.39, 0.29) is 6.04 Å². The highest BCUT2D eigenvalue weighted by Gasteiger charge is 2.04. The highest BCUT2D eigenvalue weighted by Crippen LogP contribution is 2.22. The van der Waals surface area contributed by atoms with Gasteiger partial charge in [0.1, 0.15) is 5.75 Å². The molecule has 2 aromatic rings. The molecule has 1 unspecified atom stereocenters. The molecule has 1 atom stereocenters. The number of rotatable bonds is 6. The summed E-state index contributed by atoms with van der Waals surface area (Å²) in [4.78, 5) is 4.19. The molecule has 4 nitrogen and oxygen atoms in total. The molecule has 0 spiro atoms. The fourth-order valence-corrected chi connectivity index (χ4v) is 1.83. The monoisotopic (exact) mass is 272 g/mol. The molecule has 0 aliphatic rings. The number of hydrogen-bond donors (Lipinski definition) is 1. The lowest BCUT2D eigenvalue weighted by atomic mass is 10.1. The number of ether oxygens (including phenoxy) is 2. The van der Waals surface area contributed by atoms with Gasteiger partial charge in [-0.2, -0.15) is 0 Å². The summed E-state index contributed by atoms with van der Waals surface area (Å²) in [6, 6.07) is 11.7. The van der Waals surface area contributed by atoms with Crippen LogP contribution in [0.4, 0.5) is 0 Å². The Bertz CT molecular complexity index is 538. The van der Waals surface area contributed by atoms with E-state index in [4.69, 9.17) is 15.2 Å². The lowest BCUT2D eigenvalue weighted by Crippen LogP contribution is -2.05. The van der Waals surface area contributed by atoms with E-state index in [9.17, 15) is 0 Å². The fourth-order valence-electron chi connectivity index (χ4n) is 1.83. The van der Waals surface area contributed by atoms with Crippen molar-refractivity contribution >= 4 is 0 Å². The third-order valence-corrected chi connectivity index (χ3v) is 3.03. The maximum absolute atomic E-state index is 5.85. The van der Waals surface area contributed by atoms with E-state index >= 15 is 0 Å². The smallest absolute Gasteiger partial charge is 0.219 e. The lowest BCUT2D eigenvalue weighted by molar-refractivity contribution is 0.202. The third kappa shape index (κ3) is 4.05. The van der Waals surface area contributed by atoms with Crippen LogP contribution in [0.3, 0.4) is 0 Å². The average molecular weight is 272 g/mol. The van der Waals surface area contributed by atoms with Crippen molar-refractivity contribution in [3.8, 4) is 11.6 Å². The number of benzene rings is 1. The van der Waals surface area contributed by atoms with E-state index in [0.717, 1.165) is 24.3 Å². The molecule has 1 aromatic carbocycles. The van der Waals surface area contributed by atoms with Gasteiger partial charge in [-0.1, -0.05) is 12.1 Å². The summed E-state index contributed by atoms with van der Waals surface area (Å²) in [7, 11) is 1.70. The highest BCUT2D eigenvalue weighted by molar-refractivity contribution is 5.32. The molecule has 0 saturated heterocycles. The Kier molecular flexibility index (Phi) is 5.09. The summed E-state index contributed by atoms with van der Waals surface area (Å²) in [5.41, 5.74) is 8.07. The summed E-state index contributed by atoms with van der Waals surface area (Å²) in [6.07, 6.45) is 2.61. The quantitative estimate of drug-likeness (QED) is 0.878. The van der Waals surface area contributed by atoms with Crippen LogP contribution in [0.2, 0.25) is 0 Å². The van der Waals surface area contributed by atoms with Crippen molar-refractivity contribution in [1.82, 2.24) is 4.98 Å². The Hall–Kier alpha value is -1.91. The van der Waals surface area contributed by atoms with Gasteiger partial charge in [-0.05, 0) is 42.7 Å². The van der Waals surface area contributed by atoms with E-state index in [2.05, 4.69) is 4.98 Å². The second kappa shape index (κ2) is 7.03. The maximum Gasteiger partial charge on any atom is 0.219 e. The molecule has 20 heavy (non-hydrogen) atoms. The molecule has 2 N–H and O–H groups in total. The third-order valence-electron chi connectivity index (χ3n) is 3.03. The molecule has 0 aliphatic heterocycles. The van der Waals surface area contributed by atoms with Crippen LogP contribution in [0.25, 0.3) is 0 Å². The van der Waals surface area contributed by atoms with E-state index < -0.39 is 0 Å². The number of nitrogens with two attached hydrogens (primary N) is 1. The second-order valence-electron chi connectivity index (χ2n) is 4.70. The predicted molar refractivity (Wildman–Crippen MR) is 78.9 cm³/mol. The van der Waals surface area contributed by atoms with Gasteiger partial charge in [-0.3, -0.25) is 0 Å². The Labute approximate surface area is 119 Å². The minimum absolute atomic E-state index is 0.0308. The first kappa shape index (κ1) is 14.5. The SMILES string of the molecule is COCCc1ccc(Oc2cc(C(C)N)ccn2)cc1. The molecule has 0 saturated carbocycles. The standard InChI is InChI=1S/C16H20N2O2/c1-12(17)14-7-9-18-16(11-14)20-15-5-3-13(4-6-15)8-10-19-2/h3-7,9,11-12H,8,10,17H2,1-2H3. The Morgan fingerprint density at radius 3 is 2.60 bits per heavy atom. The summed E-state index contributed by atoms with van der Waals surface area (Å²) in [6.45, 7) is 2.65. The van der Waals surface area contributed by atoms with Crippen molar-refractivity contribution in [2.24, 2.45) is 5.73 Å². The first-order valence-corrected chi connectivity index (χ1v) is 6.66. The Morgan fingerprint density at radius 1 is 1.20 bits per heavy atom. The summed E-state index contributed by atoms with van der Waals surface area (Å²) >= 11 is 0. The van der Waals surface area contributed by atoms with E-state index in [1.165, 1.54) is 5.56 Å². The summed E-state index contributed by atoms with van der Waals surface area (Å²) in [5, 5.41) is 0. The molecule has 0 amide bonds. The molecule has 1 heterocycles. The first-order valence-electron chi connectivity index (χ1n) is 6.66. The zero-order valence-electron chi connectivity index (χ0n) is 11.9. The van der Waals surface area contributed by atoms with Crippen LogP contribution in [0.15, 0.2) is 42.6 Å². The molecular weight excluding hydrogens is 252 g/mol. The van der Waals surface area contributed by atoms with E-state index in [1.54, 1.807) is 13.3 Å². The van der Waals surface area contributed by atoms with Crippen molar-refractivity contribution in [2.75, 3.05) is 13.7 Å². The van der Waals surface area contributed by atoms with Gasteiger partial charge in [-0.15, -0.1) is 0 Å². The Balaban J connectivity index is 2.04. The van der Waals surface area contributed by atoms with Crippen LogP contribution in [0, 0.1) is 0 Å². The van der Waals surface area contributed by atoms with Crippen molar-refractivity contribution in [1.29, 1.82) is 0 Å². The van der Waals surface area contributed by atoms with Gasteiger partial charge in [0.15, 0.2) is 0 Å². The van der Waals surface area contributed by atoms with Gasteiger partial charge in [-0.25, -0.2) is 4.98 Å². The van der Waals surface area contributed by atoms with Crippen LogP contribution >= 0.6 is 0 Å². The van der Waals surface area contributed by atoms with Crippen molar-refractivity contribution in [2.45, 2.75) is 19.4 Å². The maximum atomic E-state index is 5.85. The lowest BCUT2D eigenvalue weighted by Gasteiger charge is -2.09. The van der Waals surface area contributed by atoms with Gasteiger partial charge < -0.3 is 15.2 Å². The first-order chi connectivity index (χ1) is 9.69. The van der Waals surface area contributed by atoms with Crippen LogP contribution in [0.1, 0.15) is 24.1 Å². The second-order valence-corrected chi connectivity index (χ2v) is 4.70. The van der Waals surface area contributed by atoms with Gasteiger partial charge >= 0.3 is 0 Å². The van der Waals surface area contributed by atoms with Crippen LogP contribution in [0.5, 0.6) is 11.6 Å². The fraction of sp³-hybridized carbons (Fsp3) is 0.312. The van der Waals surface area contributed by atoms with E-state index in [0.29, 0.717) is 5.88 Å². The topological polar surface area (TPSA) is 57.4 Å². The molecule has 0 fully saturated rings. The number of nitrogens with zero attached hydrogens (tertiary/aromatic N) is 1. The summed E-state index contributed by atoms with van der Waals surface area (Å²) < 4.78 is 10.8. The van der Waals surface area contributed by atoms with Crippen molar-refractivity contribution in [3.63, 3.8) is 0 Å². The highest BCUT2D eigenvalue weighted by atomic mass is 16.5. The number of aromatic nitrogens is 1. The van der Waals surface area contributed by atoms with Crippen LogP contribution in [-0.2, 0) is 11.2 Å². The molecule has 0 aliphatic carbocycles. The average Bonchev–Trinajstić information content (AvgIpc) is 2.47. The molecular formula is C16H20N2O2. The molecule has 0 radical (unpaired) electrons. The molecule has 4 heteroatoms. The number of methoxy groups -OCH3 is 1. The van der Waals surface area contributed by atoms with Gasteiger partial charge in [0.25, 0.3) is 0 Å². The van der Waals surface area contributed by atoms with Gasteiger partial charge in [0.05, 0.1) is 6.61 Å². The minimum atomic E-state index is -0.0308. The Morgan fingerprint density at radius 2 is 1.95 bits per heavy atom. The zero-order valence-corrected chi connectivity index (χ0v) is 11.9. The number of pyridine rings is 1. The predicted octanol–water partition coefficient (Wildman–Crippen LogP) is 3.08. The van der Waals surface area contributed by atoms with Gasteiger partial charge in [0, 0.05) is 25.4 Å². The molecule has 2 rings (SSSR count). The molecule has 106 valence electrons. The number of hydrogen-bond acceptors (Lipinski definition) is 4. The normalized spacial score (nSPS) is 12.2. The van der Waals surface area contributed by atoms with Gasteiger partial charge in [0.2, 0.25) is 5.88 Å². The van der Waals surface area contributed by atoms with Crippen molar-refractivity contribution < 1.29 is 9.47 Å². The molecule has 0 bridgehead atoms.